The Morgan fingerprint density at radius 1 is 1.15 bits per heavy atom. The second-order valence-electron chi connectivity index (χ2n) is 6.48. The molecule has 0 saturated heterocycles. The Hall–Kier alpha value is -3.15. The number of rotatable bonds is 5. The van der Waals surface area contributed by atoms with Gasteiger partial charge in [-0.25, -0.2) is 9.97 Å². The zero-order valence-electron chi connectivity index (χ0n) is 14.8. The van der Waals surface area contributed by atoms with Gasteiger partial charge in [-0.3, -0.25) is 4.79 Å². The first-order chi connectivity index (χ1) is 12.6. The molecule has 0 radical (unpaired) electrons. The molecule has 0 fully saturated rings. The Balaban J connectivity index is 1.38. The van der Waals surface area contributed by atoms with E-state index in [9.17, 15) is 4.79 Å². The summed E-state index contributed by atoms with van der Waals surface area (Å²) < 4.78 is 5.64. The summed E-state index contributed by atoms with van der Waals surface area (Å²) in [4.78, 5) is 26.5. The van der Waals surface area contributed by atoms with Crippen molar-refractivity contribution in [3.05, 3.63) is 59.7 Å². The van der Waals surface area contributed by atoms with Gasteiger partial charge < -0.3 is 14.3 Å². The smallest absolute Gasteiger partial charge is 0.289 e. The van der Waals surface area contributed by atoms with Crippen molar-refractivity contribution in [1.82, 2.24) is 19.9 Å². The van der Waals surface area contributed by atoms with Crippen LogP contribution in [0.15, 0.2) is 46.9 Å². The summed E-state index contributed by atoms with van der Waals surface area (Å²) in [5.41, 5.74) is 4.25. The first-order valence-corrected chi connectivity index (χ1v) is 8.66. The van der Waals surface area contributed by atoms with E-state index < -0.39 is 0 Å². The second-order valence-corrected chi connectivity index (χ2v) is 6.48. The maximum Gasteiger partial charge on any atom is 0.289 e. The quantitative estimate of drug-likeness (QED) is 0.596. The highest BCUT2D eigenvalue weighted by molar-refractivity contribution is 5.95. The highest BCUT2D eigenvalue weighted by Gasteiger charge is 2.17. The van der Waals surface area contributed by atoms with E-state index in [2.05, 4.69) is 15.0 Å². The van der Waals surface area contributed by atoms with Gasteiger partial charge in [0.1, 0.15) is 11.3 Å². The number of aryl methyl sites for hydroxylation is 2. The predicted octanol–water partition coefficient (Wildman–Crippen LogP) is 3.72. The number of hydrogen-bond acceptors (Lipinski definition) is 4. The highest BCUT2D eigenvalue weighted by Crippen LogP contribution is 2.19. The Kier molecular flexibility index (Phi) is 4.16. The van der Waals surface area contributed by atoms with E-state index in [1.54, 1.807) is 18.0 Å². The van der Waals surface area contributed by atoms with E-state index in [1.807, 2.05) is 43.3 Å². The van der Waals surface area contributed by atoms with E-state index in [4.69, 9.17) is 4.42 Å². The number of hydrogen-bond donors (Lipinski definition) is 1. The lowest BCUT2D eigenvalue weighted by Crippen LogP contribution is -2.27. The molecule has 6 nitrogen and oxygen atoms in total. The highest BCUT2D eigenvalue weighted by atomic mass is 16.3. The molecular weight excluding hydrogens is 328 g/mol. The largest absolute Gasteiger partial charge is 0.449 e. The summed E-state index contributed by atoms with van der Waals surface area (Å²) in [5, 5.41) is 0. The average Bonchev–Trinajstić information content (AvgIpc) is 3.23. The standard InChI is InChI=1S/C20H20N4O2/c1-13-9-10-17-16(21-13)12-18(26-17)20(25)24(2)11-5-8-19-22-14-6-3-4-7-15(14)23-19/h3-4,6-7,9-10,12H,5,8,11H2,1-2H3,(H,22,23). The number of carbonyl (C=O) groups excluding carboxylic acids is 1. The number of imidazole rings is 1. The van der Waals surface area contributed by atoms with Crippen LogP contribution in [0, 0.1) is 6.92 Å². The van der Waals surface area contributed by atoms with Gasteiger partial charge in [0, 0.05) is 31.8 Å². The maximum atomic E-state index is 12.6. The number of H-pyrrole nitrogens is 1. The summed E-state index contributed by atoms with van der Waals surface area (Å²) in [6.07, 6.45) is 1.60. The van der Waals surface area contributed by atoms with E-state index in [0.29, 0.717) is 23.4 Å². The second kappa shape index (κ2) is 6.63. The van der Waals surface area contributed by atoms with Gasteiger partial charge in [-0.1, -0.05) is 12.1 Å². The van der Waals surface area contributed by atoms with Crippen molar-refractivity contribution in [2.45, 2.75) is 19.8 Å². The van der Waals surface area contributed by atoms with Gasteiger partial charge in [-0.2, -0.15) is 0 Å². The zero-order chi connectivity index (χ0) is 18.1. The van der Waals surface area contributed by atoms with Crippen molar-refractivity contribution in [2.24, 2.45) is 0 Å². The molecule has 1 aromatic carbocycles. The number of carbonyl (C=O) groups is 1. The minimum atomic E-state index is -0.134. The summed E-state index contributed by atoms with van der Waals surface area (Å²) in [6.45, 7) is 2.54. The summed E-state index contributed by atoms with van der Waals surface area (Å²) in [7, 11) is 1.78. The number of nitrogens with one attached hydrogen (secondary N) is 1. The van der Waals surface area contributed by atoms with Crippen LogP contribution >= 0.6 is 0 Å². The van der Waals surface area contributed by atoms with Crippen LogP contribution < -0.4 is 0 Å². The third-order valence-corrected chi connectivity index (χ3v) is 4.42. The number of pyridine rings is 1. The molecule has 1 N–H and O–H groups in total. The minimum absolute atomic E-state index is 0.134. The number of aromatic amines is 1. The van der Waals surface area contributed by atoms with Crippen molar-refractivity contribution in [3.8, 4) is 0 Å². The molecule has 0 aliphatic carbocycles. The molecule has 0 aliphatic rings. The van der Waals surface area contributed by atoms with Crippen molar-refractivity contribution >= 4 is 28.0 Å². The normalized spacial score (nSPS) is 11.3. The van der Waals surface area contributed by atoms with Crippen LogP contribution in [0.4, 0.5) is 0 Å². The van der Waals surface area contributed by atoms with Gasteiger partial charge in [0.25, 0.3) is 5.91 Å². The predicted molar refractivity (Wildman–Crippen MR) is 100 cm³/mol. The SMILES string of the molecule is Cc1ccc2oc(C(=O)N(C)CCCc3nc4ccccc4[nH]3)cc2n1. The van der Waals surface area contributed by atoms with E-state index in [-0.39, 0.29) is 5.91 Å². The zero-order valence-corrected chi connectivity index (χ0v) is 14.8. The Morgan fingerprint density at radius 2 is 2.00 bits per heavy atom. The molecule has 26 heavy (non-hydrogen) atoms. The van der Waals surface area contributed by atoms with Gasteiger partial charge in [0.05, 0.1) is 11.0 Å². The van der Waals surface area contributed by atoms with Gasteiger partial charge in [-0.15, -0.1) is 0 Å². The number of fused-ring (bicyclic) bond motifs is 2. The van der Waals surface area contributed by atoms with Gasteiger partial charge in [0.15, 0.2) is 11.3 Å². The molecular formula is C20H20N4O2. The van der Waals surface area contributed by atoms with Crippen molar-refractivity contribution < 1.29 is 9.21 Å². The lowest BCUT2D eigenvalue weighted by molar-refractivity contribution is 0.0764. The third kappa shape index (κ3) is 3.18. The fourth-order valence-electron chi connectivity index (χ4n) is 3.03. The number of para-hydroxylation sites is 2. The molecule has 0 aliphatic heterocycles. The van der Waals surface area contributed by atoms with E-state index in [0.717, 1.165) is 35.4 Å². The van der Waals surface area contributed by atoms with Crippen LogP contribution in [0.3, 0.4) is 0 Å². The van der Waals surface area contributed by atoms with E-state index in [1.165, 1.54) is 0 Å². The van der Waals surface area contributed by atoms with Crippen molar-refractivity contribution in [3.63, 3.8) is 0 Å². The molecule has 0 spiro atoms. The summed E-state index contributed by atoms with van der Waals surface area (Å²) in [5.74, 6) is 1.13. The summed E-state index contributed by atoms with van der Waals surface area (Å²) in [6, 6.07) is 13.4. The fourth-order valence-corrected chi connectivity index (χ4v) is 3.03. The van der Waals surface area contributed by atoms with E-state index >= 15 is 0 Å². The molecule has 4 rings (SSSR count). The van der Waals surface area contributed by atoms with Gasteiger partial charge >= 0.3 is 0 Å². The van der Waals surface area contributed by atoms with Crippen LogP contribution in [0.5, 0.6) is 0 Å². The lowest BCUT2D eigenvalue weighted by Gasteiger charge is -2.14. The van der Waals surface area contributed by atoms with Gasteiger partial charge in [0.2, 0.25) is 0 Å². The molecule has 0 bridgehead atoms. The molecule has 132 valence electrons. The van der Waals surface area contributed by atoms with Crippen LogP contribution in [0.1, 0.15) is 28.5 Å². The molecule has 3 heterocycles. The Morgan fingerprint density at radius 3 is 2.85 bits per heavy atom. The number of aromatic nitrogens is 3. The summed E-state index contributed by atoms with van der Waals surface area (Å²) >= 11 is 0. The van der Waals surface area contributed by atoms with Crippen LogP contribution in [-0.4, -0.2) is 39.4 Å². The molecule has 3 aromatic heterocycles. The topological polar surface area (TPSA) is 75.0 Å². The lowest BCUT2D eigenvalue weighted by atomic mass is 10.2. The number of furan rings is 1. The first-order valence-electron chi connectivity index (χ1n) is 8.66. The van der Waals surface area contributed by atoms with Crippen molar-refractivity contribution in [2.75, 3.05) is 13.6 Å². The third-order valence-electron chi connectivity index (χ3n) is 4.42. The number of nitrogens with zero attached hydrogens (tertiary/aromatic N) is 3. The van der Waals surface area contributed by atoms with Gasteiger partial charge in [-0.05, 0) is 37.6 Å². The molecule has 4 aromatic rings. The fraction of sp³-hybridized carbons (Fsp3) is 0.250. The minimum Gasteiger partial charge on any atom is -0.449 e. The van der Waals surface area contributed by atoms with Crippen LogP contribution in [0.25, 0.3) is 22.1 Å². The molecule has 0 saturated carbocycles. The van der Waals surface area contributed by atoms with Crippen LogP contribution in [0.2, 0.25) is 0 Å². The van der Waals surface area contributed by atoms with Crippen molar-refractivity contribution in [1.29, 1.82) is 0 Å². The number of amides is 1. The van der Waals surface area contributed by atoms with Crippen LogP contribution in [-0.2, 0) is 6.42 Å². The first kappa shape index (κ1) is 16.3. The molecule has 6 heteroatoms. The number of benzene rings is 1. The molecule has 0 unspecified atom stereocenters. The maximum absolute atomic E-state index is 12.6. The molecule has 0 atom stereocenters. The Labute approximate surface area is 150 Å². The monoisotopic (exact) mass is 348 g/mol. The Bertz CT molecular complexity index is 1050. The average molecular weight is 348 g/mol. The molecule has 1 amide bonds.